The van der Waals surface area contributed by atoms with Crippen LogP contribution in [0.5, 0.6) is 11.5 Å². The second-order valence-corrected chi connectivity index (χ2v) is 13.8. The Hall–Kier alpha value is -5.70. The second kappa shape index (κ2) is 12.0. The molecule has 2 N–H and O–H groups in total. The monoisotopic (exact) mass is 667 g/mol. The van der Waals surface area contributed by atoms with Gasteiger partial charge in [0, 0.05) is 5.92 Å². The van der Waals surface area contributed by atoms with Crippen LogP contribution < -0.4 is 10.2 Å². The van der Waals surface area contributed by atoms with E-state index in [-0.39, 0.29) is 36.3 Å². The SMILES string of the molecule is COc1ccc(C2C3=CCC4C(=O)N(Cc5ccccc5)C(=O)C4C3CC3C(=O)N(Nc4ccc(C)cc4)C(=O)C32c2ccccc2)cc1O. The average Bonchev–Trinajstić information content (AvgIpc) is 3.50. The first-order valence-corrected chi connectivity index (χ1v) is 17.0. The number of nitrogens with zero attached hydrogens (tertiary/aromatic N) is 2. The van der Waals surface area contributed by atoms with E-state index in [1.807, 2.05) is 104 Å². The predicted molar refractivity (Wildman–Crippen MR) is 185 cm³/mol. The highest BCUT2D eigenvalue weighted by molar-refractivity contribution is 6.13. The first kappa shape index (κ1) is 31.6. The molecule has 4 amide bonds. The Labute approximate surface area is 290 Å². The standard InChI is InChI=1S/C41H37N3O6/c1-24-13-16-28(17-14-24)42-44-38(47)32-22-31-29(18-19-30-35(31)39(48)43(37(30)46)23-25-9-5-3-6-10-25)36(26-15-20-34(50-2)33(45)21-26)41(32,40(44)49)27-11-7-4-8-12-27/h3-18,20-21,30-32,35-36,42,45H,19,22-23H2,1-2H3. The number of benzene rings is 4. The highest BCUT2D eigenvalue weighted by Crippen LogP contribution is 2.64. The summed E-state index contributed by atoms with van der Waals surface area (Å²) in [7, 11) is 1.47. The summed E-state index contributed by atoms with van der Waals surface area (Å²) >= 11 is 0. The van der Waals surface area contributed by atoms with E-state index in [9.17, 15) is 19.5 Å². The number of ether oxygens (including phenoxy) is 1. The van der Waals surface area contributed by atoms with Crippen molar-refractivity contribution < 1.29 is 29.0 Å². The smallest absolute Gasteiger partial charge is 0.260 e. The fourth-order valence-electron chi connectivity index (χ4n) is 9.00. The lowest BCUT2D eigenvalue weighted by Gasteiger charge is -2.50. The van der Waals surface area contributed by atoms with Crippen molar-refractivity contribution in [3.63, 3.8) is 0 Å². The lowest BCUT2D eigenvalue weighted by atomic mass is 9.49. The number of fused-ring (bicyclic) bond motifs is 4. The Morgan fingerprint density at radius 1 is 0.840 bits per heavy atom. The number of anilines is 1. The number of aromatic hydroxyl groups is 1. The number of likely N-dealkylation sites (tertiary alicyclic amines) is 1. The normalized spacial score (nSPS) is 27.1. The van der Waals surface area contributed by atoms with Crippen LogP contribution in [-0.4, -0.2) is 45.8 Å². The molecule has 6 unspecified atom stereocenters. The highest BCUT2D eigenvalue weighted by Gasteiger charge is 2.70. The van der Waals surface area contributed by atoms with Crippen LogP contribution in [0.25, 0.3) is 0 Å². The molecule has 4 aromatic carbocycles. The molecule has 252 valence electrons. The summed E-state index contributed by atoms with van der Waals surface area (Å²) in [5.74, 6) is -4.47. The first-order chi connectivity index (χ1) is 24.2. The molecule has 8 rings (SSSR count). The Kier molecular flexibility index (Phi) is 7.58. The van der Waals surface area contributed by atoms with Crippen LogP contribution in [0.3, 0.4) is 0 Å². The third-order valence-electron chi connectivity index (χ3n) is 11.2. The molecule has 4 aromatic rings. The van der Waals surface area contributed by atoms with Gasteiger partial charge in [-0.25, -0.2) is 0 Å². The Morgan fingerprint density at radius 2 is 1.54 bits per heavy atom. The van der Waals surface area contributed by atoms with Gasteiger partial charge in [0.1, 0.15) is 0 Å². The zero-order valence-corrected chi connectivity index (χ0v) is 27.8. The van der Waals surface area contributed by atoms with Gasteiger partial charge in [-0.3, -0.25) is 29.5 Å². The number of aryl methyl sites for hydroxylation is 1. The number of allylic oxidation sites excluding steroid dienone is 2. The Bertz CT molecular complexity index is 2050. The van der Waals surface area contributed by atoms with Crippen LogP contribution in [0.15, 0.2) is 115 Å². The number of phenolic OH excluding ortho intramolecular Hbond substituents is 1. The number of carbonyl (C=O) groups is 4. The van der Waals surface area contributed by atoms with Crippen molar-refractivity contribution in [1.29, 1.82) is 0 Å². The highest BCUT2D eigenvalue weighted by atomic mass is 16.5. The number of rotatable bonds is 7. The van der Waals surface area contributed by atoms with Gasteiger partial charge >= 0.3 is 0 Å². The van der Waals surface area contributed by atoms with E-state index in [2.05, 4.69) is 5.43 Å². The van der Waals surface area contributed by atoms with Gasteiger partial charge in [-0.15, -0.1) is 0 Å². The number of hydrazine groups is 1. The Balaban J connectivity index is 1.30. The summed E-state index contributed by atoms with van der Waals surface area (Å²) in [5, 5.41) is 12.2. The third-order valence-corrected chi connectivity index (χ3v) is 11.2. The molecule has 2 aliphatic heterocycles. The van der Waals surface area contributed by atoms with Crippen molar-refractivity contribution in [2.45, 2.75) is 37.6 Å². The van der Waals surface area contributed by atoms with Crippen LogP contribution >= 0.6 is 0 Å². The summed E-state index contributed by atoms with van der Waals surface area (Å²) in [6.45, 7) is 2.13. The molecule has 2 saturated heterocycles. The van der Waals surface area contributed by atoms with Gasteiger partial charge < -0.3 is 9.84 Å². The molecule has 0 bridgehead atoms. The molecular formula is C41H37N3O6. The second-order valence-electron chi connectivity index (χ2n) is 13.8. The van der Waals surface area contributed by atoms with E-state index >= 15 is 4.79 Å². The fourth-order valence-corrected chi connectivity index (χ4v) is 9.00. The molecule has 9 nitrogen and oxygen atoms in total. The minimum absolute atomic E-state index is 0.103. The lowest BCUT2D eigenvalue weighted by Crippen LogP contribution is -2.53. The molecule has 4 aliphatic rings. The van der Waals surface area contributed by atoms with Crippen molar-refractivity contribution in [3.8, 4) is 11.5 Å². The molecule has 1 saturated carbocycles. The molecule has 9 heteroatoms. The van der Waals surface area contributed by atoms with Crippen LogP contribution in [0, 0.1) is 30.6 Å². The minimum atomic E-state index is -1.42. The summed E-state index contributed by atoms with van der Waals surface area (Å²) < 4.78 is 5.37. The number of carbonyl (C=O) groups excluding carboxylic acids is 4. The van der Waals surface area contributed by atoms with Crippen LogP contribution in [0.2, 0.25) is 0 Å². The number of phenols is 1. The lowest BCUT2D eigenvalue weighted by molar-refractivity contribution is -0.142. The molecule has 3 fully saturated rings. The summed E-state index contributed by atoms with van der Waals surface area (Å²) in [6.07, 6.45) is 2.55. The van der Waals surface area contributed by atoms with Gasteiger partial charge in [-0.2, -0.15) is 5.01 Å². The van der Waals surface area contributed by atoms with E-state index in [4.69, 9.17) is 4.74 Å². The molecule has 6 atom stereocenters. The molecule has 0 aromatic heterocycles. The van der Waals surface area contributed by atoms with Crippen molar-refractivity contribution >= 4 is 29.3 Å². The van der Waals surface area contributed by atoms with Crippen molar-refractivity contribution in [2.75, 3.05) is 12.5 Å². The van der Waals surface area contributed by atoms with E-state index in [0.29, 0.717) is 23.2 Å². The van der Waals surface area contributed by atoms with Gasteiger partial charge in [0.05, 0.1) is 42.5 Å². The number of hydrogen-bond acceptors (Lipinski definition) is 7. The number of hydrogen-bond donors (Lipinski definition) is 2. The third kappa shape index (κ3) is 4.67. The van der Waals surface area contributed by atoms with E-state index < -0.39 is 46.8 Å². The maximum atomic E-state index is 15.2. The zero-order valence-electron chi connectivity index (χ0n) is 27.8. The maximum absolute atomic E-state index is 15.2. The van der Waals surface area contributed by atoms with E-state index in [1.54, 1.807) is 12.1 Å². The maximum Gasteiger partial charge on any atom is 0.260 e. The molecule has 0 radical (unpaired) electrons. The topological polar surface area (TPSA) is 116 Å². The summed E-state index contributed by atoms with van der Waals surface area (Å²) in [6, 6.07) is 31.3. The minimum Gasteiger partial charge on any atom is -0.504 e. The van der Waals surface area contributed by atoms with Gasteiger partial charge in [0.2, 0.25) is 11.8 Å². The summed E-state index contributed by atoms with van der Waals surface area (Å²) in [5.41, 5.74) is 6.28. The van der Waals surface area contributed by atoms with Crippen LogP contribution in [0.1, 0.15) is 41.0 Å². The molecular weight excluding hydrogens is 630 g/mol. The quantitative estimate of drug-likeness (QED) is 0.186. The number of methoxy groups -OCH3 is 1. The van der Waals surface area contributed by atoms with Crippen LogP contribution in [0.4, 0.5) is 5.69 Å². The Morgan fingerprint density at radius 3 is 2.22 bits per heavy atom. The number of amides is 4. The molecule has 0 spiro atoms. The van der Waals surface area contributed by atoms with Crippen molar-refractivity contribution in [2.24, 2.45) is 23.7 Å². The molecule has 50 heavy (non-hydrogen) atoms. The number of imide groups is 2. The van der Waals surface area contributed by atoms with Crippen molar-refractivity contribution in [3.05, 3.63) is 137 Å². The molecule has 2 aliphatic carbocycles. The average molecular weight is 668 g/mol. The van der Waals surface area contributed by atoms with Gasteiger partial charge in [-0.1, -0.05) is 96.1 Å². The van der Waals surface area contributed by atoms with Gasteiger partial charge in [-0.05, 0) is 66.6 Å². The summed E-state index contributed by atoms with van der Waals surface area (Å²) in [4.78, 5) is 59.6. The van der Waals surface area contributed by atoms with Gasteiger partial charge in [0.25, 0.3) is 11.8 Å². The van der Waals surface area contributed by atoms with E-state index in [1.165, 1.54) is 12.0 Å². The van der Waals surface area contributed by atoms with E-state index in [0.717, 1.165) is 21.7 Å². The zero-order chi connectivity index (χ0) is 34.7. The molecule has 2 heterocycles. The van der Waals surface area contributed by atoms with Gasteiger partial charge in [0.15, 0.2) is 11.5 Å². The first-order valence-electron chi connectivity index (χ1n) is 17.0. The fraction of sp³-hybridized carbons (Fsp3) is 0.268. The van der Waals surface area contributed by atoms with Crippen LogP contribution in [-0.2, 0) is 31.1 Å². The number of nitrogens with one attached hydrogen (secondary N) is 1. The largest absolute Gasteiger partial charge is 0.504 e. The van der Waals surface area contributed by atoms with Crippen molar-refractivity contribution in [1.82, 2.24) is 9.91 Å². The predicted octanol–water partition coefficient (Wildman–Crippen LogP) is 5.89.